The van der Waals surface area contributed by atoms with Gasteiger partial charge in [-0.25, -0.2) is 8.78 Å². The quantitative estimate of drug-likeness (QED) is 0.834. The van der Waals surface area contributed by atoms with Crippen LogP contribution in [0.2, 0.25) is 5.02 Å². The summed E-state index contributed by atoms with van der Waals surface area (Å²) in [6.07, 6.45) is 0. The summed E-state index contributed by atoms with van der Waals surface area (Å²) in [6, 6.07) is 9.16. The van der Waals surface area contributed by atoms with Gasteiger partial charge in [-0.3, -0.25) is 0 Å². The van der Waals surface area contributed by atoms with Gasteiger partial charge in [-0.15, -0.1) is 0 Å². The summed E-state index contributed by atoms with van der Waals surface area (Å²) in [4.78, 5) is 0. The number of benzene rings is 2. The van der Waals surface area contributed by atoms with Gasteiger partial charge in [0, 0.05) is 12.2 Å². The van der Waals surface area contributed by atoms with E-state index >= 15 is 0 Å². The van der Waals surface area contributed by atoms with Gasteiger partial charge in [0.05, 0.1) is 9.50 Å². The molecule has 0 atom stereocenters. The summed E-state index contributed by atoms with van der Waals surface area (Å²) in [7, 11) is 0. The second-order valence-electron chi connectivity index (χ2n) is 3.73. The molecule has 0 aliphatic rings. The van der Waals surface area contributed by atoms with Crippen LogP contribution in [-0.4, -0.2) is 0 Å². The molecule has 0 saturated heterocycles. The average Bonchev–Trinajstić information content (AvgIpc) is 2.35. The number of hydrogen-bond acceptors (Lipinski definition) is 1. The fourth-order valence-electron chi connectivity index (χ4n) is 1.46. The van der Waals surface area contributed by atoms with Crippen molar-refractivity contribution in [2.24, 2.45) is 0 Å². The largest absolute Gasteiger partial charge is 0.381 e. The topological polar surface area (TPSA) is 12.0 Å². The molecule has 5 heteroatoms. The van der Waals surface area contributed by atoms with E-state index in [1.54, 1.807) is 18.2 Å². The molecule has 0 saturated carbocycles. The second kappa shape index (κ2) is 5.67. The Labute approximate surface area is 117 Å². The van der Waals surface area contributed by atoms with Gasteiger partial charge in [-0.2, -0.15) is 0 Å². The van der Waals surface area contributed by atoms with Gasteiger partial charge in [-0.05, 0) is 51.8 Å². The fraction of sp³-hybridized carbons (Fsp3) is 0.0769. The number of anilines is 1. The Balaban J connectivity index is 2.06. The van der Waals surface area contributed by atoms with Gasteiger partial charge in [0.25, 0.3) is 0 Å². The molecular weight excluding hydrogens is 324 g/mol. The lowest BCUT2D eigenvalue weighted by Gasteiger charge is -2.08. The Morgan fingerprint density at radius 1 is 1.06 bits per heavy atom. The van der Waals surface area contributed by atoms with Crippen LogP contribution in [0.25, 0.3) is 0 Å². The van der Waals surface area contributed by atoms with Crippen molar-refractivity contribution in [1.29, 1.82) is 0 Å². The molecule has 1 nitrogen and oxygen atoms in total. The Kier molecular flexibility index (Phi) is 4.19. The first-order valence-corrected chi connectivity index (χ1v) is 6.36. The van der Waals surface area contributed by atoms with Crippen LogP contribution in [0, 0.1) is 11.6 Å². The van der Waals surface area contributed by atoms with Crippen molar-refractivity contribution in [2.75, 3.05) is 5.32 Å². The van der Waals surface area contributed by atoms with Gasteiger partial charge in [0.2, 0.25) is 0 Å². The molecule has 94 valence electrons. The van der Waals surface area contributed by atoms with Crippen molar-refractivity contribution in [3.63, 3.8) is 0 Å². The normalized spacial score (nSPS) is 10.4. The molecule has 0 heterocycles. The molecule has 0 unspecified atom stereocenters. The third kappa shape index (κ3) is 3.21. The third-order valence-corrected chi connectivity index (χ3v) is 3.30. The molecule has 0 fully saturated rings. The molecule has 0 amide bonds. The second-order valence-corrected chi connectivity index (χ2v) is 4.99. The zero-order valence-electron chi connectivity index (χ0n) is 9.18. The minimum atomic E-state index is -0.452. The molecule has 2 aromatic rings. The SMILES string of the molecule is Fc1ccc(NCc2ccc(F)c(Br)c2)cc1Cl. The maximum atomic E-state index is 13.0. The molecule has 0 radical (unpaired) electrons. The van der Waals surface area contributed by atoms with Crippen molar-refractivity contribution in [1.82, 2.24) is 0 Å². The van der Waals surface area contributed by atoms with E-state index in [2.05, 4.69) is 21.2 Å². The molecule has 0 aromatic heterocycles. The summed E-state index contributed by atoms with van der Waals surface area (Å²) in [5, 5.41) is 3.15. The first kappa shape index (κ1) is 13.3. The smallest absolute Gasteiger partial charge is 0.141 e. The van der Waals surface area contributed by atoms with E-state index in [1.165, 1.54) is 18.2 Å². The van der Waals surface area contributed by atoms with Crippen LogP contribution in [0.1, 0.15) is 5.56 Å². The third-order valence-electron chi connectivity index (χ3n) is 2.40. The van der Waals surface area contributed by atoms with E-state index in [0.29, 0.717) is 16.7 Å². The molecule has 0 aliphatic carbocycles. The maximum absolute atomic E-state index is 13.0. The van der Waals surface area contributed by atoms with Crippen LogP contribution in [-0.2, 0) is 6.54 Å². The summed E-state index contributed by atoms with van der Waals surface area (Å²) in [5.74, 6) is -0.754. The highest BCUT2D eigenvalue weighted by molar-refractivity contribution is 9.10. The predicted molar refractivity (Wildman–Crippen MR) is 72.8 cm³/mol. The highest BCUT2D eigenvalue weighted by Gasteiger charge is 2.02. The van der Waals surface area contributed by atoms with Gasteiger partial charge >= 0.3 is 0 Å². The van der Waals surface area contributed by atoms with Gasteiger partial charge in [0.15, 0.2) is 0 Å². The summed E-state index contributed by atoms with van der Waals surface area (Å²) >= 11 is 8.79. The van der Waals surface area contributed by atoms with Crippen LogP contribution in [0.4, 0.5) is 14.5 Å². The van der Waals surface area contributed by atoms with E-state index in [1.807, 2.05) is 0 Å². The highest BCUT2D eigenvalue weighted by Crippen LogP contribution is 2.21. The minimum absolute atomic E-state index is 0.0697. The van der Waals surface area contributed by atoms with E-state index in [4.69, 9.17) is 11.6 Å². The predicted octanol–water partition coefficient (Wildman–Crippen LogP) is 4.99. The van der Waals surface area contributed by atoms with Gasteiger partial charge < -0.3 is 5.32 Å². The monoisotopic (exact) mass is 331 g/mol. The van der Waals surface area contributed by atoms with E-state index in [9.17, 15) is 8.78 Å². The average molecular weight is 333 g/mol. The minimum Gasteiger partial charge on any atom is -0.381 e. The van der Waals surface area contributed by atoms with Gasteiger partial charge in [-0.1, -0.05) is 17.7 Å². The van der Waals surface area contributed by atoms with Crippen molar-refractivity contribution in [2.45, 2.75) is 6.54 Å². The standard InChI is InChI=1S/C13H9BrClF2N/c14-10-5-8(1-3-12(10)16)7-18-9-2-4-13(17)11(15)6-9/h1-6,18H,7H2. The fourth-order valence-corrected chi connectivity index (χ4v) is 2.07. The Bertz CT molecular complexity index is 523. The van der Waals surface area contributed by atoms with Crippen LogP contribution >= 0.6 is 27.5 Å². The van der Waals surface area contributed by atoms with Crippen LogP contribution in [0.5, 0.6) is 0 Å². The lowest BCUT2D eigenvalue weighted by Crippen LogP contribution is -2.00. The number of rotatable bonds is 3. The number of nitrogens with one attached hydrogen (secondary N) is 1. The maximum Gasteiger partial charge on any atom is 0.141 e. The van der Waals surface area contributed by atoms with Crippen molar-refractivity contribution < 1.29 is 8.78 Å². The summed E-state index contributed by atoms with van der Waals surface area (Å²) < 4.78 is 26.4. The highest BCUT2D eigenvalue weighted by atomic mass is 79.9. The lowest BCUT2D eigenvalue weighted by molar-refractivity contribution is 0.620. The van der Waals surface area contributed by atoms with Crippen LogP contribution in [0.3, 0.4) is 0 Å². The Morgan fingerprint density at radius 3 is 2.44 bits per heavy atom. The molecule has 2 aromatic carbocycles. The Hall–Kier alpha value is -1.13. The summed E-state index contributed by atoms with van der Waals surface area (Å²) in [6.45, 7) is 0.501. The molecule has 1 N–H and O–H groups in total. The first-order valence-electron chi connectivity index (χ1n) is 5.19. The zero-order valence-corrected chi connectivity index (χ0v) is 11.5. The molecule has 18 heavy (non-hydrogen) atoms. The van der Waals surface area contributed by atoms with E-state index < -0.39 is 5.82 Å². The lowest BCUT2D eigenvalue weighted by atomic mass is 10.2. The van der Waals surface area contributed by atoms with Crippen molar-refractivity contribution in [3.05, 3.63) is 63.1 Å². The molecule has 0 spiro atoms. The first-order chi connectivity index (χ1) is 8.56. The van der Waals surface area contributed by atoms with Crippen molar-refractivity contribution >= 4 is 33.2 Å². The molecule has 2 rings (SSSR count). The number of hydrogen-bond donors (Lipinski definition) is 1. The Morgan fingerprint density at radius 2 is 1.78 bits per heavy atom. The zero-order chi connectivity index (χ0) is 13.1. The molecule has 0 bridgehead atoms. The van der Waals surface area contributed by atoms with Crippen LogP contribution < -0.4 is 5.32 Å². The number of halogens is 4. The molecular formula is C13H9BrClF2N. The van der Waals surface area contributed by atoms with Gasteiger partial charge in [0.1, 0.15) is 11.6 Å². The van der Waals surface area contributed by atoms with E-state index in [-0.39, 0.29) is 10.8 Å². The van der Waals surface area contributed by atoms with Crippen LogP contribution in [0.15, 0.2) is 40.9 Å². The summed E-state index contributed by atoms with van der Waals surface area (Å²) in [5.41, 5.74) is 1.62. The van der Waals surface area contributed by atoms with E-state index in [0.717, 1.165) is 5.56 Å². The molecule has 0 aliphatic heterocycles. The van der Waals surface area contributed by atoms with Crippen molar-refractivity contribution in [3.8, 4) is 0 Å².